The van der Waals surface area contributed by atoms with E-state index in [0.717, 1.165) is 60.0 Å². The van der Waals surface area contributed by atoms with E-state index >= 15 is 0 Å². The molecule has 0 N–H and O–H groups in total. The number of aliphatic imine (C=N–C) groups is 1. The van der Waals surface area contributed by atoms with Gasteiger partial charge in [-0.15, -0.1) is 18.3 Å². The number of halogens is 3. The third kappa shape index (κ3) is 7.58. The van der Waals surface area contributed by atoms with Crippen LogP contribution in [0.2, 0.25) is 0 Å². The first kappa shape index (κ1) is 29.4. The molecule has 1 fully saturated rings. The summed E-state index contributed by atoms with van der Waals surface area (Å²) in [6.07, 6.45) is 0.576. The molecule has 0 unspecified atom stereocenters. The van der Waals surface area contributed by atoms with Crippen molar-refractivity contribution in [2.45, 2.75) is 45.4 Å². The number of hydrogen-bond donors (Lipinski definition) is 0. The summed E-state index contributed by atoms with van der Waals surface area (Å²) in [5, 5.41) is 5.23. The Morgan fingerprint density at radius 2 is 1.79 bits per heavy atom. The van der Waals surface area contributed by atoms with Crippen molar-refractivity contribution in [3.05, 3.63) is 90.3 Å². The third-order valence-electron chi connectivity index (χ3n) is 6.81. The Bertz CT molecular complexity index is 1540. The molecule has 1 saturated heterocycles. The Labute approximate surface area is 246 Å². The van der Waals surface area contributed by atoms with Crippen LogP contribution in [0, 0.1) is 0 Å². The Hall–Kier alpha value is -4.12. The van der Waals surface area contributed by atoms with Crippen molar-refractivity contribution < 1.29 is 22.7 Å². The molecule has 0 atom stereocenters. The highest BCUT2D eigenvalue weighted by atomic mass is 32.2. The Morgan fingerprint density at radius 1 is 1.02 bits per heavy atom. The number of hydrogen-bond acceptors (Lipinski definition) is 5. The second-order valence-electron chi connectivity index (χ2n) is 9.73. The number of amidine groups is 1. The van der Waals surface area contributed by atoms with Crippen LogP contribution < -0.4 is 9.64 Å². The number of alkyl halides is 3. The van der Waals surface area contributed by atoms with Crippen LogP contribution in [0.25, 0.3) is 17.1 Å². The van der Waals surface area contributed by atoms with Crippen molar-refractivity contribution in [1.82, 2.24) is 14.8 Å². The summed E-state index contributed by atoms with van der Waals surface area (Å²) in [6.45, 7) is 2.99. The number of thioether (sulfide) groups is 1. The molecule has 1 aromatic heterocycles. The average molecular weight is 594 g/mol. The number of anilines is 1. The number of carbonyl (C=O) groups is 1. The standard InChI is InChI=1S/C31H30F3N5O2S/c1-2-23-8-4-5-9-27(23)38-19-20-42-30(38)36-28(40)10-6-3-7-22-11-13-24(14-12-22)29-35-21-39(37-29)25-15-17-26(18-16-25)41-31(32,33)34/h4-5,8-9,11-18,21H,2-3,6-7,10,19-20H2,1H3. The van der Waals surface area contributed by atoms with Crippen LogP contribution >= 0.6 is 11.8 Å². The lowest BCUT2D eigenvalue weighted by Gasteiger charge is -2.20. The molecule has 5 rings (SSSR count). The number of amides is 1. The third-order valence-corrected chi connectivity index (χ3v) is 7.76. The summed E-state index contributed by atoms with van der Waals surface area (Å²) < 4.78 is 42.5. The van der Waals surface area contributed by atoms with E-state index in [0.29, 0.717) is 17.9 Å². The van der Waals surface area contributed by atoms with E-state index in [1.165, 1.54) is 40.8 Å². The van der Waals surface area contributed by atoms with Crippen molar-refractivity contribution >= 4 is 28.5 Å². The van der Waals surface area contributed by atoms with Crippen molar-refractivity contribution in [3.8, 4) is 22.8 Å². The number of para-hydroxylation sites is 1. The molecule has 0 aliphatic carbocycles. The fourth-order valence-corrected chi connectivity index (χ4v) is 5.67. The van der Waals surface area contributed by atoms with Gasteiger partial charge in [0, 0.05) is 30.0 Å². The van der Waals surface area contributed by atoms with E-state index < -0.39 is 6.36 Å². The van der Waals surface area contributed by atoms with E-state index in [4.69, 9.17) is 0 Å². The van der Waals surface area contributed by atoms with E-state index in [1.807, 2.05) is 36.4 Å². The maximum Gasteiger partial charge on any atom is 0.573 e. The lowest BCUT2D eigenvalue weighted by molar-refractivity contribution is -0.274. The normalized spacial score (nSPS) is 14.5. The van der Waals surface area contributed by atoms with Crippen molar-refractivity contribution in [1.29, 1.82) is 0 Å². The number of rotatable bonds is 10. The molecule has 1 aliphatic rings. The fourth-order valence-electron chi connectivity index (χ4n) is 4.70. The zero-order valence-corrected chi connectivity index (χ0v) is 23.9. The molecule has 42 heavy (non-hydrogen) atoms. The van der Waals surface area contributed by atoms with Crippen LogP contribution in [0.15, 0.2) is 84.1 Å². The lowest BCUT2D eigenvalue weighted by Crippen LogP contribution is -2.25. The quantitative estimate of drug-likeness (QED) is 0.181. The number of unbranched alkanes of at least 4 members (excludes halogenated alkanes) is 1. The first-order valence-corrected chi connectivity index (χ1v) is 14.7. The zero-order valence-electron chi connectivity index (χ0n) is 23.1. The molecular formula is C31H30F3N5O2S. The van der Waals surface area contributed by atoms with E-state index in [9.17, 15) is 18.0 Å². The van der Waals surface area contributed by atoms with Crippen molar-refractivity contribution in [3.63, 3.8) is 0 Å². The summed E-state index contributed by atoms with van der Waals surface area (Å²) >= 11 is 1.63. The van der Waals surface area contributed by atoms with E-state index in [1.54, 1.807) is 11.8 Å². The molecule has 4 aromatic rings. The SMILES string of the molecule is CCc1ccccc1N1CCSC1=NC(=O)CCCCc1ccc(-c2ncn(-c3ccc(OC(F)(F)F)cc3)n2)cc1. The molecule has 1 amide bonds. The topological polar surface area (TPSA) is 72.6 Å². The molecule has 0 saturated carbocycles. The van der Waals surface area contributed by atoms with Crippen LogP contribution in [0.5, 0.6) is 5.75 Å². The average Bonchev–Trinajstić information content (AvgIpc) is 3.66. The Morgan fingerprint density at radius 3 is 2.52 bits per heavy atom. The van der Waals surface area contributed by atoms with Gasteiger partial charge in [-0.2, -0.15) is 4.99 Å². The number of nitrogens with zero attached hydrogens (tertiary/aromatic N) is 5. The number of aryl methyl sites for hydroxylation is 2. The van der Waals surface area contributed by atoms with E-state index in [2.05, 4.69) is 43.8 Å². The summed E-state index contributed by atoms with van der Waals surface area (Å²) in [7, 11) is 0. The van der Waals surface area contributed by atoms with Crippen LogP contribution in [-0.4, -0.2) is 44.5 Å². The van der Waals surface area contributed by atoms with Crippen molar-refractivity contribution in [2.24, 2.45) is 4.99 Å². The van der Waals surface area contributed by atoms with Gasteiger partial charge in [0.15, 0.2) is 11.0 Å². The Balaban J connectivity index is 1.10. The second-order valence-corrected chi connectivity index (χ2v) is 10.8. The van der Waals surface area contributed by atoms with Gasteiger partial charge in [-0.1, -0.05) is 61.2 Å². The van der Waals surface area contributed by atoms with E-state index in [-0.39, 0.29) is 11.7 Å². The van der Waals surface area contributed by atoms with Gasteiger partial charge >= 0.3 is 6.36 Å². The molecule has 0 bridgehead atoms. The highest BCUT2D eigenvalue weighted by molar-refractivity contribution is 8.14. The molecule has 3 aromatic carbocycles. The smallest absolute Gasteiger partial charge is 0.406 e. The maximum absolute atomic E-state index is 12.6. The number of benzene rings is 3. The van der Waals surface area contributed by atoms with Gasteiger partial charge in [0.1, 0.15) is 12.1 Å². The fraction of sp³-hybridized carbons (Fsp3) is 0.290. The van der Waals surface area contributed by atoms with Gasteiger partial charge in [-0.3, -0.25) is 4.79 Å². The largest absolute Gasteiger partial charge is 0.573 e. The molecule has 11 heteroatoms. The van der Waals surface area contributed by atoms with Gasteiger partial charge < -0.3 is 9.64 Å². The lowest BCUT2D eigenvalue weighted by atomic mass is 10.0. The van der Waals surface area contributed by atoms with Crippen LogP contribution in [0.4, 0.5) is 18.9 Å². The molecule has 0 spiro atoms. The molecule has 1 aliphatic heterocycles. The highest BCUT2D eigenvalue weighted by Crippen LogP contribution is 2.29. The monoisotopic (exact) mass is 593 g/mol. The highest BCUT2D eigenvalue weighted by Gasteiger charge is 2.31. The van der Waals surface area contributed by atoms with Crippen molar-refractivity contribution in [2.75, 3.05) is 17.2 Å². The van der Waals surface area contributed by atoms with Gasteiger partial charge in [0.25, 0.3) is 0 Å². The minimum absolute atomic E-state index is 0.0853. The molecular weight excluding hydrogens is 563 g/mol. The van der Waals surface area contributed by atoms with Gasteiger partial charge in [-0.05, 0) is 67.1 Å². The first-order chi connectivity index (χ1) is 20.3. The predicted octanol–water partition coefficient (Wildman–Crippen LogP) is 7.24. The minimum atomic E-state index is -4.74. The van der Waals surface area contributed by atoms with Gasteiger partial charge in [0.05, 0.1) is 5.69 Å². The number of aromatic nitrogens is 3. The molecule has 218 valence electrons. The summed E-state index contributed by atoms with van der Waals surface area (Å²) in [5.41, 5.74) is 4.92. The summed E-state index contributed by atoms with van der Waals surface area (Å²) in [6, 6.07) is 21.6. The van der Waals surface area contributed by atoms with Crippen LogP contribution in [0.1, 0.15) is 37.3 Å². The molecule has 2 heterocycles. The zero-order chi connectivity index (χ0) is 29.5. The second kappa shape index (κ2) is 13.2. The maximum atomic E-state index is 12.6. The molecule has 7 nitrogen and oxygen atoms in total. The van der Waals surface area contributed by atoms with Crippen LogP contribution in [-0.2, 0) is 17.6 Å². The first-order valence-electron chi connectivity index (χ1n) is 13.8. The van der Waals surface area contributed by atoms with Gasteiger partial charge in [-0.25, -0.2) is 9.67 Å². The molecule has 0 radical (unpaired) electrons. The van der Waals surface area contributed by atoms with Crippen LogP contribution in [0.3, 0.4) is 0 Å². The minimum Gasteiger partial charge on any atom is -0.406 e. The summed E-state index contributed by atoms with van der Waals surface area (Å²) in [5.74, 6) is 1.04. The number of ether oxygens (including phenoxy) is 1. The number of carbonyl (C=O) groups excluding carboxylic acids is 1. The van der Waals surface area contributed by atoms with Gasteiger partial charge in [0.2, 0.25) is 5.91 Å². The Kier molecular flexibility index (Phi) is 9.26. The summed E-state index contributed by atoms with van der Waals surface area (Å²) in [4.78, 5) is 23.6. The predicted molar refractivity (Wildman–Crippen MR) is 159 cm³/mol.